The molecule has 0 aliphatic carbocycles. The molecule has 12 heavy (non-hydrogen) atoms. The Morgan fingerprint density at radius 2 is 2.42 bits per heavy atom. The fraction of sp³-hybridized carbons (Fsp3) is 0.429. The summed E-state index contributed by atoms with van der Waals surface area (Å²) in [4.78, 5) is 14.9. The number of hydrogen-bond acceptors (Lipinski definition) is 4. The van der Waals surface area contributed by atoms with Crippen molar-refractivity contribution in [3.05, 3.63) is 10.6 Å². The predicted molar refractivity (Wildman–Crippen MR) is 48.0 cm³/mol. The molecule has 0 radical (unpaired) electrons. The monoisotopic (exact) mass is 186 g/mol. The summed E-state index contributed by atoms with van der Waals surface area (Å²) in [5.41, 5.74) is 0.573. The number of hydrogen-bond donors (Lipinski definition) is 2. The van der Waals surface area contributed by atoms with Crippen LogP contribution in [0.2, 0.25) is 0 Å². The van der Waals surface area contributed by atoms with Crippen molar-refractivity contribution in [2.45, 2.75) is 13.8 Å². The van der Waals surface area contributed by atoms with E-state index in [1.54, 1.807) is 6.92 Å². The summed E-state index contributed by atoms with van der Waals surface area (Å²) in [7, 11) is 0. The molecule has 0 spiro atoms. The molecular formula is C7H10N2O2S. The van der Waals surface area contributed by atoms with E-state index in [2.05, 4.69) is 10.3 Å². The number of carboxylic acid groups (broad SMARTS) is 1. The fourth-order valence-electron chi connectivity index (χ4n) is 0.822. The van der Waals surface area contributed by atoms with E-state index in [-0.39, 0.29) is 0 Å². The quantitative estimate of drug-likeness (QED) is 0.752. The summed E-state index contributed by atoms with van der Waals surface area (Å²) in [6.07, 6.45) is 0. The molecule has 0 aromatic carbocycles. The first-order chi connectivity index (χ1) is 5.65. The Hall–Kier alpha value is -1.10. The minimum Gasteiger partial charge on any atom is -0.477 e. The molecule has 0 aliphatic rings. The Bertz CT molecular complexity index is 296. The number of aryl methyl sites for hydroxylation is 1. The molecule has 1 aromatic rings. The van der Waals surface area contributed by atoms with Gasteiger partial charge in [0.1, 0.15) is 4.88 Å². The summed E-state index contributed by atoms with van der Waals surface area (Å²) >= 11 is 1.17. The van der Waals surface area contributed by atoms with Gasteiger partial charge in [0.2, 0.25) is 0 Å². The Morgan fingerprint density at radius 1 is 1.75 bits per heavy atom. The van der Waals surface area contributed by atoms with Crippen molar-refractivity contribution in [3.63, 3.8) is 0 Å². The Morgan fingerprint density at radius 3 is 2.83 bits per heavy atom. The maximum atomic E-state index is 10.6. The number of carbonyl (C=O) groups is 1. The first kappa shape index (κ1) is 8.99. The molecule has 2 N–H and O–H groups in total. The summed E-state index contributed by atoms with van der Waals surface area (Å²) in [5.74, 6) is -0.908. The van der Waals surface area contributed by atoms with Crippen LogP contribution in [-0.2, 0) is 0 Å². The van der Waals surface area contributed by atoms with Crippen LogP contribution >= 0.6 is 11.3 Å². The number of carboxylic acids is 1. The Labute approximate surface area is 74.3 Å². The molecule has 0 amide bonds. The smallest absolute Gasteiger partial charge is 0.347 e. The highest BCUT2D eigenvalue weighted by Crippen LogP contribution is 2.21. The average Bonchev–Trinajstić information content (AvgIpc) is 2.32. The topological polar surface area (TPSA) is 62.2 Å². The molecule has 66 valence electrons. The molecule has 0 atom stereocenters. The third-order valence-electron chi connectivity index (χ3n) is 1.32. The number of nitrogens with zero attached hydrogens (tertiary/aromatic N) is 1. The molecule has 0 saturated carbocycles. The van der Waals surface area contributed by atoms with Crippen molar-refractivity contribution < 1.29 is 9.90 Å². The second-order valence-electron chi connectivity index (χ2n) is 2.27. The zero-order chi connectivity index (χ0) is 9.14. The highest BCUT2D eigenvalue weighted by molar-refractivity contribution is 7.17. The van der Waals surface area contributed by atoms with Crippen molar-refractivity contribution in [2.75, 3.05) is 11.9 Å². The first-order valence-corrected chi connectivity index (χ1v) is 4.41. The van der Waals surface area contributed by atoms with Gasteiger partial charge in [-0.05, 0) is 13.8 Å². The molecule has 1 heterocycles. The van der Waals surface area contributed by atoms with Crippen LogP contribution in [0, 0.1) is 6.92 Å². The molecule has 0 aliphatic heterocycles. The lowest BCUT2D eigenvalue weighted by molar-refractivity contribution is 0.0701. The number of nitrogens with one attached hydrogen (secondary N) is 1. The van der Waals surface area contributed by atoms with Crippen LogP contribution in [0.25, 0.3) is 0 Å². The van der Waals surface area contributed by atoms with E-state index in [0.29, 0.717) is 15.7 Å². The molecule has 1 aromatic heterocycles. The van der Waals surface area contributed by atoms with E-state index >= 15 is 0 Å². The zero-order valence-corrected chi connectivity index (χ0v) is 7.73. The van der Waals surface area contributed by atoms with Gasteiger partial charge in [-0.1, -0.05) is 11.3 Å². The van der Waals surface area contributed by atoms with Crippen LogP contribution in [0.4, 0.5) is 5.13 Å². The number of thiazole rings is 1. The minimum absolute atomic E-state index is 0.311. The normalized spacial score (nSPS) is 9.83. The van der Waals surface area contributed by atoms with Crippen molar-refractivity contribution in [3.8, 4) is 0 Å². The van der Waals surface area contributed by atoms with Crippen molar-refractivity contribution in [2.24, 2.45) is 0 Å². The van der Waals surface area contributed by atoms with Gasteiger partial charge in [-0.2, -0.15) is 0 Å². The van der Waals surface area contributed by atoms with E-state index in [0.717, 1.165) is 6.54 Å². The molecule has 0 saturated heterocycles. The summed E-state index contributed by atoms with van der Waals surface area (Å²) in [6, 6.07) is 0. The second kappa shape index (κ2) is 3.53. The van der Waals surface area contributed by atoms with Gasteiger partial charge in [-0.25, -0.2) is 9.78 Å². The van der Waals surface area contributed by atoms with E-state index in [1.165, 1.54) is 11.3 Å². The highest BCUT2D eigenvalue weighted by atomic mass is 32.1. The van der Waals surface area contributed by atoms with E-state index in [9.17, 15) is 4.79 Å². The second-order valence-corrected chi connectivity index (χ2v) is 3.27. The molecule has 1 rings (SSSR count). The largest absolute Gasteiger partial charge is 0.477 e. The predicted octanol–water partition coefficient (Wildman–Crippen LogP) is 1.58. The first-order valence-electron chi connectivity index (χ1n) is 3.59. The number of aromatic carboxylic acids is 1. The number of rotatable bonds is 3. The molecular weight excluding hydrogens is 176 g/mol. The molecule has 0 bridgehead atoms. The van der Waals surface area contributed by atoms with Crippen LogP contribution in [0.1, 0.15) is 22.3 Å². The van der Waals surface area contributed by atoms with Crippen LogP contribution < -0.4 is 5.32 Å². The third-order valence-corrected chi connectivity index (χ3v) is 2.42. The maximum Gasteiger partial charge on any atom is 0.347 e. The lowest BCUT2D eigenvalue weighted by Crippen LogP contribution is -1.94. The van der Waals surface area contributed by atoms with Gasteiger partial charge in [0.15, 0.2) is 5.13 Å². The van der Waals surface area contributed by atoms with Crippen LogP contribution in [0.3, 0.4) is 0 Å². The lowest BCUT2D eigenvalue weighted by Gasteiger charge is -1.92. The minimum atomic E-state index is -0.908. The van der Waals surface area contributed by atoms with E-state index < -0.39 is 5.97 Å². The van der Waals surface area contributed by atoms with Gasteiger partial charge in [0.25, 0.3) is 0 Å². The van der Waals surface area contributed by atoms with Crippen LogP contribution in [0.5, 0.6) is 0 Å². The summed E-state index contributed by atoms with van der Waals surface area (Å²) < 4.78 is 0. The third kappa shape index (κ3) is 1.73. The molecule has 0 unspecified atom stereocenters. The Balaban J connectivity index is 2.92. The van der Waals surface area contributed by atoms with Gasteiger partial charge in [0, 0.05) is 6.54 Å². The van der Waals surface area contributed by atoms with Crippen molar-refractivity contribution in [1.29, 1.82) is 0 Å². The van der Waals surface area contributed by atoms with Gasteiger partial charge in [-0.3, -0.25) is 0 Å². The van der Waals surface area contributed by atoms with Gasteiger partial charge >= 0.3 is 5.97 Å². The molecule has 5 heteroatoms. The standard InChI is InChI=1S/C7H10N2O2S/c1-3-8-7-9-4(2)5(12-7)6(10)11/h3H2,1-2H3,(H,8,9)(H,10,11). The lowest BCUT2D eigenvalue weighted by atomic mass is 10.4. The van der Waals surface area contributed by atoms with E-state index in [1.807, 2.05) is 6.92 Å². The fourth-order valence-corrected chi connectivity index (χ4v) is 1.69. The zero-order valence-electron chi connectivity index (χ0n) is 6.92. The molecule has 0 fully saturated rings. The van der Waals surface area contributed by atoms with Gasteiger partial charge < -0.3 is 10.4 Å². The summed E-state index contributed by atoms with van der Waals surface area (Å²) in [5, 5.41) is 12.3. The van der Waals surface area contributed by atoms with Crippen LogP contribution in [-0.4, -0.2) is 22.6 Å². The summed E-state index contributed by atoms with van der Waals surface area (Å²) in [6.45, 7) is 4.39. The Kier molecular flexibility index (Phi) is 2.65. The number of aromatic nitrogens is 1. The van der Waals surface area contributed by atoms with E-state index in [4.69, 9.17) is 5.11 Å². The number of anilines is 1. The SMILES string of the molecule is CCNc1nc(C)c(C(=O)O)s1. The average molecular weight is 186 g/mol. The molecule has 4 nitrogen and oxygen atoms in total. The van der Waals surface area contributed by atoms with Gasteiger partial charge in [-0.15, -0.1) is 0 Å². The van der Waals surface area contributed by atoms with Gasteiger partial charge in [0.05, 0.1) is 5.69 Å². The van der Waals surface area contributed by atoms with Crippen molar-refractivity contribution >= 4 is 22.4 Å². The maximum absolute atomic E-state index is 10.6. The van der Waals surface area contributed by atoms with Crippen LogP contribution in [0.15, 0.2) is 0 Å². The van der Waals surface area contributed by atoms with Crippen molar-refractivity contribution in [1.82, 2.24) is 4.98 Å². The highest BCUT2D eigenvalue weighted by Gasteiger charge is 2.12.